The Hall–Kier alpha value is -3.79. The van der Waals surface area contributed by atoms with Crippen molar-refractivity contribution in [1.29, 1.82) is 0 Å². The van der Waals surface area contributed by atoms with Gasteiger partial charge in [-0.2, -0.15) is 4.98 Å². The van der Waals surface area contributed by atoms with Crippen LogP contribution in [0.15, 0.2) is 58.2 Å². The smallest absolute Gasteiger partial charge is 0.333 e. The molecule has 1 aromatic heterocycles. The largest absolute Gasteiger partial charge is 0.487 e. The molecular formula is C24H26FN3O6. The van der Waals surface area contributed by atoms with Gasteiger partial charge in [-0.25, -0.2) is 9.18 Å². The zero-order chi connectivity index (χ0) is 24.3. The molecule has 34 heavy (non-hydrogen) atoms. The first-order chi connectivity index (χ1) is 16.5. The predicted molar refractivity (Wildman–Crippen MR) is 121 cm³/mol. The molecule has 0 saturated carbocycles. The summed E-state index contributed by atoms with van der Waals surface area (Å²) in [5.41, 5.74) is 1.68. The van der Waals surface area contributed by atoms with Gasteiger partial charge < -0.3 is 23.9 Å². The van der Waals surface area contributed by atoms with E-state index in [1.807, 2.05) is 6.92 Å². The number of aromatic nitrogens is 2. The molecule has 0 radical (unpaired) electrons. The Morgan fingerprint density at radius 1 is 1.15 bits per heavy atom. The molecule has 0 saturated heterocycles. The van der Waals surface area contributed by atoms with Crippen molar-refractivity contribution in [1.82, 2.24) is 10.1 Å². The van der Waals surface area contributed by atoms with Gasteiger partial charge in [0.25, 0.3) is 5.89 Å². The number of oxime groups is 1. The molecule has 1 N–H and O–H groups in total. The quantitative estimate of drug-likeness (QED) is 0.225. The number of halogens is 1. The highest BCUT2D eigenvalue weighted by Crippen LogP contribution is 2.18. The standard InChI is InChI=1S/C24H26FN3O6/c1-3-13-33-27-20(23-26-22(28-34-23)17-7-9-18(25)10-8-17)15-32-19-11-5-16(6-12-19)14-21(24(29)30)31-4-2/h5-12,21H,3-4,13-15H2,1-2H3,(H,29,30). The summed E-state index contributed by atoms with van der Waals surface area (Å²) < 4.78 is 29.6. The SMILES string of the molecule is CCCON=C(COc1ccc(CC(OCC)C(=O)O)cc1)c1nc(-c2ccc(F)cc2)no1. The second kappa shape index (κ2) is 12.4. The summed E-state index contributed by atoms with van der Waals surface area (Å²) in [6.07, 6.45) is 0.108. The molecular weight excluding hydrogens is 445 g/mol. The summed E-state index contributed by atoms with van der Waals surface area (Å²) in [6.45, 7) is 4.42. The number of nitrogens with zero attached hydrogens (tertiary/aromatic N) is 3. The molecule has 2 aromatic carbocycles. The van der Waals surface area contributed by atoms with E-state index < -0.39 is 12.1 Å². The summed E-state index contributed by atoms with van der Waals surface area (Å²) >= 11 is 0. The van der Waals surface area contributed by atoms with Crippen LogP contribution < -0.4 is 4.74 Å². The maximum absolute atomic E-state index is 13.2. The first-order valence-corrected chi connectivity index (χ1v) is 10.8. The van der Waals surface area contributed by atoms with E-state index in [0.717, 1.165) is 12.0 Å². The summed E-state index contributed by atoms with van der Waals surface area (Å²) in [4.78, 5) is 20.9. The van der Waals surface area contributed by atoms with Gasteiger partial charge in [0.05, 0.1) is 0 Å². The van der Waals surface area contributed by atoms with Gasteiger partial charge in [-0.3, -0.25) is 0 Å². The topological polar surface area (TPSA) is 116 Å². The fourth-order valence-corrected chi connectivity index (χ4v) is 2.91. The Kier molecular flexibility index (Phi) is 9.10. The number of hydrogen-bond acceptors (Lipinski definition) is 8. The average molecular weight is 471 g/mol. The molecule has 0 amide bonds. The molecule has 1 atom stereocenters. The maximum Gasteiger partial charge on any atom is 0.333 e. The van der Waals surface area contributed by atoms with E-state index in [9.17, 15) is 14.3 Å². The lowest BCUT2D eigenvalue weighted by atomic mass is 10.1. The molecule has 1 unspecified atom stereocenters. The summed E-state index contributed by atoms with van der Waals surface area (Å²) in [6, 6.07) is 12.7. The molecule has 0 aliphatic heterocycles. The molecule has 3 aromatic rings. The molecule has 1 heterocycles. The number of hydrogen-bond donors (Lipinski definition) is 1. The van der Waals surface area contributed by atoms with Crippen LogP contribution in [0.4, 0.5) is 4.39 Å². The molecule has 0 bridgehead atoms. The van der Waals surface area contributed by atoms with Gasteiger partial charge in [0.15, 0.2) is 11.8 Å². The molecule has 180 valence electrons. The van der Waals surface area contributed by atoms with Crippen LogP contribution in [-0.2, 0) is 20.8 Å². The Morgan fingerprint density at radius 3 is 2.53 bits per heavy atom. The lowest BCUT2D eigenvalue weighted by Crippen LogP contribution is -2.26. The fourth-order valence-electron chi connectivity index (χ4n) is 2.91. The van der Waals surface area contributed by atoms with Crippen molar-refractivity contribution >= 4 is 11.7 Å². The predicted octanol–water partition coefficient (Wildman–Crippen LogP) is 4.12. The third kappa shape index (κ3) is 7.11. The van der Waals surface area contributed by atoms with Gasteiger partial charge in [0.1, 0.15) is 24.8 Å². The van der Waals surface area contributed by atoms with E-state index in [4.69, 9.17) is 18.8 Å². The van der Waals surface area contributed by atoms with E-state index >= 15 is 0 Å². The second-order valence-corrected chi connectivity index (χ2v) is 7.22. The molecule has 0 spiro atoms. The molecule has 0 fully saturated rings. The van der Waals surface area contributed by atoms with Crippen molar-refractivity contribution in [3.05, 3.63) is 65.8 Å². The van der Waals surface area contributed by atoms with Crippen LogP contribution in [-0.4, -0.2) is 52.9 Å². The van der Waals surface area contributed by atoms with E-state index in [2.05, 4.69) is 15.3 Å². The highest BCUT2D eigenvalue weighted by molar-refractivity contribution is 5.97. The number of carbonyl (C=O) groups is 1. The third-order valence-electron chi connectivity index (χ3n) is 4.61. The van der Waals surface area contributed by atoms with E-state index in [0.29, 0.717) is 30.2 Å². The first kappa shape index (κ1) is 24.8. The van der Waals surface area contributed by atoms with Crippen molar-refractivity contribution in [2.24, 2.45) is 5.16 Å². The second-order valence-electron chi connectivity index (χ2n) is 7.22. The van der Waals surface area contributed by atoms with Crippen molar-refractivity contribution in [3.8, 4) is 17.1 Å². The van der Waals surface area contributed by atoms with Gasteiger partial charge in [-0.05, 0) is 55.3 Å². The molecule has 9 nitrogen and oxygen atoms in total. The highest BCUT2D eigenvalue weighted by Gasteiger charge is 2.19. The van der Waals surface area contributed by atoms with Crippen LogP contribution >= 0.6 is 0 Å². The Balaban J connectivity index is 1.68. The molecule has 0 aliphatic rings. The Bertz CT molecular complexity index is 1080. The number of aliphatic carboxylic acids is 1. The van der Waals surface area contributed by atoms with Crippen LogP contribution in [0, 0.1) is 5.82 Å². The Morgan fingerprint density at radius 2 is 1.88 bits per heavy atom. The summed E-state index contributed by atoms with van der Waals surface area (Å²) in [7, 11) is 0. The zero-order valence-corrected chi connectivity index (χ0v) is 18.9. The van der Waals surface area contributed by atoms with Gasteiger partial charge in [0.2, 0.25) is 5.82 Å². The van der Waals surface area contributed by atoms with Gasteiger partial charge in [0, 0.05) is 18.6 Å². The normalized spacial score (nSPS) is 12.4. The van der Waals surface area contributed by atoms with Crippen LogP contribution in [0.1, 0.15) is 31.7 Å². The first-order valence-electron chi connectivity index (χ1n) is 10.8. The van der Waals surface area contributed by atoms with Crippen molar-refractivity contribution in [2.75, 3.05) is 19.8 Å². The molecule has 10 heteroatoms. The molecule has 3 rings (SSSR count). The van der Waals surface area contributed by atoms with Crippen LogP contribution in [0.5, 0.6) is 5.75 Å². The summed E-state index contributed by atoms with van der Waals surface area (Å²) in [5, 5.41) is 17.2. The minimum Gasteiger partial charge on any atom is -0.487 e. The van der Waals surface area contributed by atoms with E-state index in [-0.39, 0.29) is 30.6 Å². The van der Waals surface area contributed by atoms with Crippen LogP contribution in [0.3, 0.4) is 0 Å². The van der Waals surface area contributed by atoms with Gasteiger partial charge >= 0.3 is 5.97 Å². The number of benzene rings is 2. The van der Waals surface area contributed by atoms with Crippen LogP contribution in [0.2, 0.25) is 0 Å². The lowest BCUT2D eigenvalue weighted by molar-refractivity contribution is -0.149. The van der Waals surface area contributed by atoms with Crippen molar-refractivity contribution in [3.63, 3.8) is 0 Å². The van der Waals surface area contributed by atoms with Gasteiger partial charge in [-0.1, -0.05) is 29.4 Å². The lowest BCUT2D eigenvalue weighted by Gasteiger charge is -2.13. The number of carboxylic acids is 1. The average Bonchev–Trinajstić information content (AvgIpc) is 3.32. The minimum atomic E-state index is -1.00. The zero-order valence-electron chi connectivity index (χ0n) is 18.9. The van der Waals surface area contributed by atoms with Crippen molar-refractivity contribution < 1.29 is 33.1 Å². The number of rotatable bonds is 13. The monoisotopic (exact) mass is 471 g/mol. The molecule has 0 aliphatic carbocycles. The fraction of sp³-hybridized carbons (Fsp3) is 0.333. The third-order valence-corrected chi connectivity index (χ3v) is 4.61. The van der Waals surface area contributed by atoms with Crippen molar-refractivity contribution in [2.45, 2.75) is 32.8 Å². The Labute approximate surface area is 196 Å². The number of carboxylic acid groups (broad SMARTS) is 1. The van der Waals surface area contributed by atoms with Gasteiger partial charge in [-0.15, -0.1) is 0 Å². The van der Waals surface area contributed by atoms with E-state index in [1.54, 1.807) is 43.3 Å². The van der Waals surface area contributed by atoms with Crippen LogP contribution in [0.25, 0.3) is 11.4 Å². The van der Waals surface area contributed by atoms with E-state index in [1.165, 1.54) is 12.1 Å². The summed E-state index contributed by atoms with van der Waals surface area (Å²) in [5.74, 6) is -0.431. The highest BCUT2D eigenvalue weighted by atomic mass is 19.1. The minimum absolute atomic E-state index is 0.00912. The number of ether oxygens (including phenoxy) is 2. The maximum atomic E-state index is 13.2.